The van der Waals surface area contributed by atoms with Crippen LogP contribution in [0.2, 0.25) is 0 Å². The Morgan fingerprint density at radius 1 is 1.00 bits per heavy atom. The van der Waals surface area contributed by atoms with Gasteiger partial charge in [-0.05, 0) is 72.5 Å². The van der Waals surface area contributed by atoms with Crippen molar-refractivity contribution in [2.24, 2.45) is 0 Å². The highest BCUT2D eigenvalue weighted by Crippen LogP contribution is 2.36. The lowest BCUT2D eigenvalue weighted by Crippen LogP contribution is -2.51. The summed E-state index contributed by atoms with van der Waals surface area (Å²) in [7, 11) is -0.0534. The molecule has 8 nitrogen and oxygen atoms in total. The number of amides is 2. The molecule has 0 aromatic heterocycles. The summed E-state index contributed by atoms with van der Waals surface area (Å²) in [5, 5.41) is 12.2. The van der Waals surface area contributed by atoms with Gasteiger partial charge in [-0.2, -0.15) is 18.4 Å². The minimum atomic E-state index is -4.43. The Hall–Kier alpha value is -4.37. The van der Waals surface area contributed by atoms with Gasteiger partial charge in [0.15, 0.2) is 9.84 Å². The van der Waals surface area contributed by atoms with Crippen molar-refractivity contribution in [3.63, 3.8) is 0 Å². The second-order valence-electron chi connectivity index (χ2n) is 11.2. The summed E-state index contributed by atoms with van der Waals surface area (Å²) in [5.74, 6) is -0.682. The molecular formula is C33H35F3N4O4S. The number of halogens is 3. The second kappa shape index (κ2) is 13.7. The molecular weight excluding hydrogens is 605 g/mol. The molecule has 1 fully saturated rings. The number of piperidine rings is 1. The van der Waals surface area contributed by atoms with E-state index in [0.717, 1.165) is 17.7 Å². The smallest absolute Gasteiger partial charge is 0.359 e. The highest BCUT2D eigenvalue weighted by Gasteiger charge is 2.35. The van der Waals surface area contributed by atoms with Gasteiger partial charge in [-0.1, -0.05) is 31.2 Å². The molecule has 3 atom stereocenters. The maximum atomic E-state index is 13.2. The van der Waals surface area contributed by atoms with Gasteiger partial charge in [0.2, 0.25) is 5.91 Å². The number of sulfone groups is 1. The molecule has 1 heterocycles. The number of anilines is 1. The van der Waals surface area contributed by atoms with Gasteiger partial charge < -0.3 is 15.1 Å². The zero-order valence-corrected chi connectivity index (χ0v) is 26.0. The average Bonchev–Trinajstić information content (AvgIpc) is 3.03. The molecule has 12 heteroatoms. The SMILES string of the molecule is CCS(=O)(=O)c1ccc(C(CC#N)NC(=O)c2ccc(N3C[C@@H](c4ccc(C(F)(F)F)cc4)CCC3C(=O)N(C)C)cc2)cc1. The van der Waals surface area contributed by atoms with Crippen molar-refractivity contribution >= 4 is 27.3 Å². The zero-order valence-electron chi connectivity index (χ0n) is 25.2. The van der Waals surface area contributed by atoms with Crippen LogP contribution >= 0.6 is 0 Å². The number of carbonyl (C=O) groups is 2. The Morgan fingerprint density at radius 2 is 1.62 bits per heavy atom. The van der Waals surface area contributed by atoms with Crippen molar-refractivity contribution in [1.82, 2.24) is 10.2 Å². The zero-order chi connectivity index (χ0) is 32.9. The molecule has 3 aromatic rings. The van der Waals surface area contributed by atoms with Crippen LogP contribution in [0, 0.1) is 11.3 Å². The summed E-state index contributed by atoms with van der Waals surface area (Å²) in [6, 6.07) is 18.8. The van der Waals surface area contributed by atoms with Crippen molar-refractivity contribution in [3.05, 3.63) is 95.1 Å². The highest BCUT2D eigenvalue weighted by molar-refractivity contribution is 7.91. The van der Waals surface area contributed by atoms with E-state index in [4.69, 9.17) is 0 Å². The van der Waals surface area contributed by atoms with Crippen LogP contribution in [0.25, 0.3) is 0 Å². The third-order valence-electron chi connectivity index (χ3n) is 8.10. The molecule has 45 heavy (non-hydrogen) atoms. The van der Waals surface area contributed by atoms with E-state index in [9.17, 15) is 36.4 Å². The number of nitrogens with zero attached hydrogens (tertiary/aromatic N) is 3. The average molecular weight is 641 g/mol. The molecule has 238 valence electrons. The van der Waals surface area contributed by atoms with Gasteiger partial charge in [0.05, 0.1) is 34.7 Å². The van der Waals surface area contributed by atoms with E-state index in [1.54, 1.807) is 57.4 Å². The lowest BCUT2D eigenvalue weighted by atomic mass is 9.86. The molecule has 3 aromatic carbocycles. The monoisotopic (exact) mass is 640 g/mol. The molecule has 0 aliphatic carbocycles. The first kappa shape index (κ1) is 33.5. The van der Waals surface area contributed by atoms with Gasteiger partial charge in [-0.15, -0.1) is 0 Å². The van der Waals surface area contributed by atoms with Crippen LogP contribution in [-0.2, 0) is 20.8 Å². The van der Waals surface area contributed by atoms with Crippen LogP contribution in [0.5, 0.6) is 0 Å². The second-order valence-corrected chi connectivity index (χ2v) is 13.5. The molecule has 1 aliphatic heterocycles. The van der Waals surface area contributed by atoms with Crippen molar-refractivity contribution in [2.45, 2.75) is 55.3 Å². The fourth-order valence-corrected chi connectivity index (χ4v) is 6.37. The fourth-order valence-electron chi connectivity index (χ4n) is 5.49. The van der Waals surface area contributed by atoms with Gasteiger partial charge in [-0.3, -0.25) is 9.59 Å². The lowest BCUT2D eigenvalue weighted by Gasteiger charge is -2.41. The van der Waals surface area contributed by atoms with E-state index in [1.165, 1.54) is 29.2 Å². The summed E-state index contributed by atoms with van der Waals surface area (Å²) in [6.07, 6.45) is -3.33. The van der Waals surface area contributed by atoms with Gasteiger partial charge in [0.25, 0.3) is 5.91 Å². The van der Waals surface area contributed by atoms with Crippen molar-refractivity contribution in [3.8, 4) is 6.07 Å². The topological polar surface area (TPSA) is 111 Å². The molecule has 4 rings (SSSR count). The van der Waals surface area contributed by atoms with E-state index < -0.39 is 39.6 Å². The normalized spacial score (nSPS) is 17.7. The Balaban J connectivity index is 1.54. The quantitative estimate of drug-likeness (QED) is 0.320. The minimum Gasteiger partial charge on any atom is -0.359 e. The number of hydrogen-bond acceptors (Lipinski definition) is 6. The Bertz CT molecular complexity index is 1650. The molecule has 0 spiro atoms. The van der Waals surface area contributed by atoms with Crippen molar-refractivity contribution in [1.29, 1.82) is 5.26 Å². The summed E-state index contributed by atoms with van der Waals surface area (Å²) in [5.41, 5.74) is 1.63. The van der Waals surface area contributed by atoms with Gasteiger partial charge in [0.1, 0.15) is 6.04 Å². The minimum absolute atomic E-state index is 0.0306. The van der Waals surface area contributed by atoms with Gasteiger partial charge in [-0.25, -0.2) is 8.42 Å². The largest absolute Gasteiger partial charge is 0.416 e. The standard InChI is InChI=1S/C33H35F3N4O4S/c1-4-45(43,44)28-16-9-23(10-17-28)29(19-20-37)38-31(41)24-7-14-27(15-8-24)40-21-25(11-18-30(40)32(42)39(2)3)22-5-12-26(13-6-22)33(34,35)36/h5-10,12-17,25,29-30H,4,11,18-19,21H2,1-3H3,(H,38,41)/t25-,29?,30?/m0/s1. The van der Waals surface area contributed by atoms with E-state index in [-0.39, 0.29) is 28.9 Å². The van der Waals surface area contributed by atoms with Crippen LogP contribution in [0.4, 0.5) is 18.9 Å². The van der Waals surface area contributed by atoms with Crippen LogP contribution in [0.3, 0.4) is 0 Å². The fraction of sp³-hybridized carbons (Fsp3) is 0.364. The lowest BCUT2D eigenvalue weighted by molar-refractivity contribution is -0.137. The molecule has 1 N–H and O–H groups in total. The van der Waals surface area contributed by atoms with E-state index >= 15 is 0 Å². The molecule has 2 unspecified atom stereocenters. The Morgan fingerprint density at radius 3 is 2.16 bits per heavy atom. The number of alkyl halides is 3. The summed E-state index contributed by atoms with van der Waals surface area (Å²) in [6.45, 7) is 1.95. The number of benzene rings is 3. The first-order chi connectivity index (χ1) is 21.2. The molecule has 0 radical (unpaired) electrons. The van der Waals surface area contributed by atoms with Crippen LogP contribution < -0.4 is 10.2 Å². The van der Waals surface area contributed by atoms with Crippen molar-refractivity contribution < 1.29 is 31.2 Å². The van der Waals surface area contributed by atoms with E-state index in [2.05, 4.69) is 11.4 Å². The number of nitriles is 1. The maximum absolute atomic E-state index is 13.2. The number of carbonyl (C=O) groups excluding carboxylic acids is 2. The van der Waals surface area contributed by atoms with Gasteiger partial charge in [0, 0.05) is 37.8 Å². The molecule has 1 saturated heterocycles. The number of hydrogen-bond donors (Lipinski definition) is 1. The predicted octanol–water partition coefficient (Wildman–Crippen LogP) is 5.72. The Kier molecular flexibility index (Phi) is 10.2. The van der Waals surface area contributed by atoms with E-state index in [0.29, 0.717) is 36.2 Å². The van der Waals surface area contributed by atoms with Crippen LogP contribution in [0.15, 0.2) is 77.7 Å². The summed E-state index contributed by atoms with van der Waals surface area (Å²) < 4.78 is 63.6. The predicted molar refractivity (Wildman–Crippen MR) is 164 cm³/mol. The third kappa shape index (κ3) is 7.84. The maximum Gasteiger partial charge on any atom is 0.416 e. The molecule has 2 amide bonds. The van der Waals surface area contributed by atoms with E-state index in [1.807, 2.05) is 4.90 Å². The van der Waals surface area contributed by atoms with Gasteiger partial charge >= 0.3 is 6.18 Å². The van der Waals surface area contributed by atoms with Crippen LogP contribution in [0.1, 0.15) is 65.2 Å². The van der Waals surface area contributed by atoms with Crippen LogP contribution in [-0.4, -0.2) is 57.6 Å². The number of likely N-dealkylation sites (N-methyl/N-ethyl adjacent to an activating group) is 1. The molecule has 0 saturated carbocycles. The Labute approximate surface area is 261 Å². The summed E-state index contributed by atoms with van der Waals surface area (Å²) in [4.78, 5) is 29.9. The third-order valence-corrected chi connectivity index (χ3v) is 9.85. The first-order valence-electron chi connectivity index (χ1n) is 14.5. The number of nitrogens with one attached hydrogen (secondary N) is 1. The highest BCUT2D eigenvalue weighted by atomic mass is 32.2. The number of rotatable bonds is 9. The van der Waals surface area contributed by atoms with Crippen molar-refractivity contribution in [2.75, 3.05) is 31.3 Å². The molecule has 1 aliphatic rings. The molecule has 0 bridgehead atoms. The first-order valence-corrected chi connectivity index (χ1v) is 16.2. The summed E-state index contributed by atoms with van der Waals surface area (Å²) >= 11 is 0.